The number of fused-ring (bicyclic) bond motifs is 4. The van der Waals surface area contributed by atoms with E-state index in [4.69, 9.17) is 4.74 Å². The van der Waals surface area contributed by atoms with Crippen molar-refractivity contribution in [2.45, 2.75) is 65.4 Å². The van der Waals surface area contributed by atoms with Crippen LogP contribution in [0.1, 0.15) is 58.9 Å². The molecule has 1 heterocycles. The predicted molar refractivity (Wildman–Crippen MR) is 95.7 cm³/mol. The number of rotatable bonds is 1. The minimum Gasteiger partial charge on any atom is -0.487 e. The van der Waals surface area contributed by atoms with Gasteiger partial charge in [-0.05, 0) is 62.0 Å². The monoisotopic (exact) mass is 310 g/mol. The number of hydrogen-bond acceptors (Lipinski definition) is 1. The number of para-hydroxylation sites is 1. The summed E-state index contributed by atoms with van der Waals surface area (Å²) in [6.07, 6.45) is 8.86. The van der Waals surface area contributed by atoms with Crippen LogP contribution in [0.25, 0.3) is 0 Å². The lowest BCUT2D eigenvalue weighted by molar-refractivity contribution is -0.128. The molecule has 1 aromatic rings. The quantitative estimate of drug-likeness (QED) is 0.597. The van der Waals surface area contributed by atoms with E-state index in [-0.39, 0.29) is 5.60 Å². The summed E-state index contributed by atoms with van der Waals surface area (Å²) in [6, 6.07) is 8.69. The maximum atomic E-state index is 6.76. The average molecular weight is 310 g/mol. The van der Waals surface area contributed by atoms with Crippen molar-refractivity contribution >= 4 is 0 Å². The third kappa shape index (κ3) is 2.27. The van der Waals surface area contributed by atoms with Gasteiger partial charge in [-0.15, -0.1) is 0 Å². The molecule has 0 saturated heterocycles. The summed E-state index contributed by atoms with van der Waals surface area (Å²) in [7, 11) is 0. The van der Waals surface area contributed by atoms with Crippen molar-refractivity contribution in [3.8, 4) is 5.75 Å². The first-order chi connectivity index (χ1) is 10.9. The van der Waals surface area contributed by atoms with E-state index in [1.165, 1.54) is 37.7 Å². The van der Waals surface area contributed by atoms with E-state index in [0.29, 0.717) is 23.2 Å². The van der Waals surface area contributed by atoms with Crippen LogP contribution in [0.3, 0.4) is 0 Å². The van der Waals surface area contributed by atoms with E-state index >= 15 is 0 Å². The Morgan fingerprint density at radius 3 is 2.70 bits per heavy atom. The van der Waals surface area contributed by atoms with Crippen LogP contribution in [0.2, 0.25) is 0 Å². The molecule has 1 nitrogen and oxygen atoms in total. The van der Waals surface area contributed by atoms with Crippen LogP contribution < -0.4 is 4.74 Å². The molecule has 1 saturated carbocycles. The van der Waals surface area contributed by atoms with Crippen molar-refractivity contribution in [1.29, 1.82) is 0 Å². The van der Waals surface area contributed by atoms with Crippen LogP contribution in [0.4, 0.5) is 0 Å². The van der Waals surface area contributed by atoms with Crippen LogP contribution in [0.5, 0.6) is 5.75 Å². The fourth-order valence-corrected chi connectivity index (χ4v) is 5.52. The van der Waals surface area contributed by atoms with Gasteiger partial charge in [0.2, 0.25) is 0 Å². The predicted octanol–water partition coefficient (Wildman–Crippen LogP) is 5.79. The zero-order valence-corrected chi connectivity index (χ0v) is 15.1. The summed E-state index contributed by atoms with van der Waals surface area (Å²) < 4.78 is 6.76. The zero-order chi connectivity index (χ0) is 16.2. The smallest absolute Gasteiger partial charge is 0.123 e. The van der Waals surface area contributed by atoms with Crippen molar-refractivity contribution < 1.29 is 4.74 Å². The fraction of sp³-hybridized carbons (Fsp3) is 0.636. The SMILES string of the molecule is CC(C)C1=CC[C@@]2(C)CC[C@@H]3Cc4ccccc4O[C@@]3(C)[C@@H]2C1. The highest BCUT2D eigenvalue weighted by Gasteiger charge is 2.57. The number of benzene rings is 1. The summed E-state index contributed by atoms with van der Waals surface area (Å²) in [4.78, 5) is 0. The highest BCUT2D eigenvalue weighted by atomic mass is 16.5. The molecule has 1 heteroatoms. The highest BCUT2D eigenvalue weighted by molar-refractivity contribution is 5.38. The first kappa shape index (κ1) is 15.3. The summed E-state index contributed by atoms with van der Waals surface area (Å²) in [5.41, 5.74) is 3.47. The molecule has 0 radical (unpaired) electrons. The Bertz CT molecular complexity index is 643. The molecular weight excluding hydrogens is 280 g/mol. The Hall–Kier alpha value is -1.24. The maximum absolute atomic E-state index is 6.76. The molecule has 2 aliphatic carbocycles. The molecule has 1 aromatic carbocycles. The van der Waals surface area contributed by atoms with Crippen LogP contribution in [-0.4, -0.2) is 5.60 Å². The van der Waals surface area contributed by atoms with E-state index in [9.17, 15) is 0 Å². The molecule has 3 aliphatic rings. The van der Waals surface area contributed by atoms with Crippen LogP contribution in [0.15, 0.2) is 35.9 Å². The molecule has 0 N–H and O–H groups in total. The van der Waals surface area contributed by atoms with E-state index in [1.54, 1.807) is 5.57 Å². The van der Waals surface area contributed by atoms with Crippen LogP contribution in [0, 0.1) is 23.2 Å². The Kier molecular flexibility index (Phi) is 3.41. The number of ether oxygens (including phenoxy) is 1. The van der Waals surface area contributed by atoms with Gasteiger partial charge in [-0.1, -0.05) is 50.6 Å². The van der Waals surface area contributed by atoms with Crippen LogP contribution >= 0.6 is 0 Å². The molecular formula is C22H30O. The van der Waals surface area contributed by atoms with Gasteiger partial charge in [-0.2, -0.15) is 0 Å². The molecule has 4 rings (SSSR count). The minimum atomic E-state index is -0.00421. The standard InChI is InChI=1S/C22H30O/c1-15(2)16-9-11-21(3)12-10-18-13-17-7-5-6-8-19(17)23-22(18,4)20(21)14-16/h5-9,15,18,20H,10-14H2,1-4H3/t18-,20-,21+,22-/m1/s1. The van der Waals surface area contributed by atoms with Crippen molar-refractivity contribution in [3.63, 3.8) is 0 Å². The van der Waals surface area contributed by atoms with Crippen LogP contribution in [-0.2, 0) is 6.42 Å². The zero-order valence-electron chi connectivity index (χ0n) is 15.1. The lowest BCUT2D eigenvalue weighted by Gasteiger charge is -2.59. The van der Waals surface area contributed by atoms with Gasteiger partial charge in [-0.3, -0.25) is 0 Å². The van der Waals surface area contributed by atoms with Gasteiger partial charge in [0, 0.05) is 11.8 Å². The van der Waals surface area contributed by atoms with Crippen molar-refractivity contribution in [2.75, 3.05) is 0 Å². The number of allylic oxidation sites excluding steroid dienone is 2. The fourth-order valence-electron chi connectivity index (χ4n) is 5.52. The van der Waals surface area contributed by atoms with E-state index < -0.39 is 0 Å². The first-order valence-electron chi connectivity index (χ1n) is 9.38. The molecule has 4 atom stereocenters. The molecule has 0 spiro atoms. The summed E-state index contributed by atoms with van der Waals surface area (Å²) in [6.45, 7) is 9.61. The topological polar surface area (TPSA) is 9.23 Å². The molecule has 0 unspecified atom stereocenters. The Balaban J connectivity index is 1.73. The molecule has 23 heavy (non-hydrogen) atoms. The van der Waals surface area contributed by atoms with Gasteiger partial charge < -0.3 is 4.74 Å². The lowest BCUT2D eigenvalue weighted by atomic mass is 9.51. The third-order valence-electron chi connectivity index (χ3n) is 7.19. The van der Waals surface area contributed by atoms with Crippen molar-refractivity contribution in [2.24, 2.45) is 23.2 Å². The number of hydrogen-bond donors (Lipinski definition) is 0. The summed E-state index contributed by atoms with van der Waals surface area (Å²) in [5.74, 6) is 3.11. The van der Waals surface area contributed by atoms with E-state index in [0.717, 1.165) is 5.75 Å². The third-order valence-corrected chi connectivity index (χ3v) is 7.19. The van der Waals surface area contributed by atoms with Gasteiger partial charge in [0.05, 0.1) is 0 Å². The highest BCUT2D eigenvalue weighted by Crippen LogP contribution is 2.59. The summed E-state index contributed by atoms with van der Waals surface area (Å²) >= 11 is 0. The Labute approximate surface area is 141 Å². The van der Waals surface area contributed by atoms with Gasteiger partial charge >= 0.3 is 0 Å². The second-order valence-electron chi connectivity index (χ2n) is 8.88. The van der Waals surface area contributed by atoms with Gasteiger partial charge in [0.1, 0.15) is 11.4 Å². The van der Waals surface area contributed by atoms with Gasteiger partial charge in [-0.25, -0.2) is 0 Å². The van der Waals surface area contributed by atoms with Gasteiger partial charge in [0.15, 0.2) is 0 Å². The minimum absolute atomic E-state index is 0.00421. The van der Waals surface area contributed by atoms with Gasteiger partial charge in [0.25, 0.3) is 0 Å². The molecule has 0 aromatic heterocycles. The molecule has 0 bridgehead atoms. The van der Waals surface area contributed by atoms with E-state index in [2.05, 4.69) is 58.0 Å². The van der Waals surface area contributed by atoms with E-state index in [1.807, 2.05) is 0 Å². The largest absolute Gasteiger partial charge is 0.487 e. The second-order valence-corrected chi connectivity index (χ2v) is 8.88. The average Bonchev–Trinajstić information content (AvgIpc) is 2.52. The Morgan fingerprint density at radius 1 is 1.13 bits per heavy atom. The van der Waals surface area contributed by atoms with Crippen molar-refractivity contribution in [3.05, 3.63) is 41.5 Å². The molecule has 1 fully saturated rings. The first-order valence-corrected chi connectivity index (χ1v) is 9.38. The normalized spacial score (nSPS) is 38.9. The Morgan fingerprint density at radius 2 is 1.91 bits per heavy atom. The van der Waals surface area contributed by atoms with Crippen molar-refractivity contribution in [1.82, 2.24) is 0 Å². The maximum Gasteiger partial charge on any atom is 0.123 e. The molecule has 0 amide bonds. The molecule has 1 aliphatic heterocycles. The lowest BCUT2D eigenvalue weighted by Crippen LogP contribution is -2.59. The second kappa shape index (κ2) is 5.13. The summed E-state index contributed by atoms with van der Waals surface area (Å²) in [5, 5.41) is 0. The molecule has 124 valence electrons.